The molecule has 1 N–H and O–H groups in total. The Balaban J connectivity index is 2.32. The van der Waals surface area contributed by atoms with E-state index >= 15 is 0 Å². The van der Waals surface area contributed by atoms with Crippen molar-refractivity contribution in [2.24, 2.45) is 0 Å². The summed E-state index contributed by atoms with van der Waals surface area (Å²) >= 11 is 3.32. The van der Waals surface area contributed by atoms with E-state index in [0.29, 0.717) is 23.1 Å². The van der Waals surface area contributed by atoms with Gasteiger partial charge in [0.15, 0.2) is 0 Å². The van der Waals surface area contributed by atoms with E-state index in [0.717, 1.165) is 19.3 Å². The van der Waals surface area contributed by atoms with Crippen molar-refractivity contribution in [3.05, 3.63) is 28.2 Å². The van der Waals surface area contributed by atoms with Gasteiger partial charge in [-0.3, -0.25) is 4.79 Å². The van der Waals surface area contributed by atoms with E-state index < -0.39 is 10.0 Å². The first-order chi connectivity index (χ1) is 10.4. The molecule has 122 valence electrons. The maximum atomic E-state index is 12.6. The van der Waals surface area contributed by atoms with Crippen LogP contribution in [0.5, 0.6) is 0 Å². The minimum Gasteiger partial charge on any atom is -0.350 e. The van der Waals surface area contributed by atoms with Gasteiger partial charge in [-0.15, -0.1) is 0 Å². The van der Waals surface area contributed by atoms with Crippen molar-refractivity contribution in [2.45, 2.75) is 44.0 Å². The normalized spacial score (nSPS) is 17.4. The van der Waals surface area contributed by atoms with Gasteiger partial charge in [0.2, 0.25) is 10.0 Å². The molecule has 1 aromatic rings. The van der Waals surface area contributed by atoms with Crippen LogP contribution >= 0.6 is 15.9 Å². The molecule has 1 aliphatic heterocycles. The number of rotatable bonds is 5. The highest BCUT2D eigenvalue weighted by Gasteiger charge is 2.28. The van der Waals surface area contributed by atoms with Crippen LogP contribution in [0.25, 0.3) is 0 Å². The van der Waals surface area contributed by atoms with Crippen molar-refractivity contribution < 1.29 is 13.2 Å². The Morgan fingerprint density at radius 3 is 2.59 bits per heavy atom. The lowest BCUT2D eigenvalue weighted by atomic mass is 10.2. The first kappa shape index (κ1) is 17.4. The smallest absolute Gasteiger partial charge is 0.252 e. The second kappa shape index (κ2) is 7.10. The highest BCUT2D eigenvalue weighted by molar-refractivity contribution is 9.10. The van der Waals surface area contributed by atoms with Crippen LogP contribution in [0.2, 0.25) is 0 Å². The van der Waals surface area contributed by atoms with E-state index in [-0.39, 0.29) is 16.8 Å². The van der Waals surface area contributed by atoms with Crippen molar-refractivity contribution in [3.63, 3.8) is 0 Å². The molecule has 7 heteroatoms. The van der Waals surface area contributed by atoms with E-state index in [9.17, 15) is 13.2 Å². The fourth-order valence-electron chi connectivity index (χ4n) is 2.32. The molecule has 1 aromatic carbocycles. The second-order valence-corrected chi connectivity index (χ2v) is 8.33. The Labute approximate surface area is 140 Å². The van der Waals surface area contributed by atoms with Gasteiger partial charge in [-0.1, -0.05) is 6.92 Å². The molecule has 0 radical (unpaired) electrons. The Morgan fingerprint density at radius 2 is 2.00 bits per heavy atom. The quantitative estimate of drug-likeness (QED) is 0.842. The predicted molar refractivity (Wildman–Crippen MR) is 89.4 cm³/mol. The number of hydrogen-bond acceptors (Lipinski definition) is 3. The number of nitrogens with zero attached hydrogens (tertiary/aromatic N) is 1. The summed E-state index contributed by atoms with van der Waals surface area (Å²) in [5.41, 5.74) is 0.348. The molecule has 1 saturated heterocycles. The molecule has 5 nitrogen and oxygen atoms in total. The molecule has 1 amide bonds. The van der Waals surface area contributed by atoms with Crippen LogP contribution in [-0.4, -0.2) is 37.8 Å². The third-order valence-corrected chi connectivity index (χ3v) is 6.46. The molecule has 1 unspecified atom stereocenters. The zero-order valence-electron chi connectivity index (χ0n) is 12.8. The largest absolute Gasteiger partial charge is 0.350 e. The van der Waals surface area contributed by atoms with Crippen molar-refractivity contribution in [1.29, 1.82) is 0 Å². The summed E-state index contributed by atoms with van der Waals surface area (Å²) in [7, 11) is -3.51. The van der Waals surface area contributed by atoms with Crippen LogP contribution in [0, 0.1) is 0 Å². The lowest BCUT2D eigenvalue weighted by Crippen LogP contribution is -2.32. The van der Waals surface area contributed by atoms with Crippen LogP contribution in [0.15, 0.2) is 27.6 Å². The third-order valence-electron chi connectivity index (χ3n) is 3.88. The first-order valence-corrected chi connectivity index (χ1v) is 9.70. The SMILES string of the molecule is CCC(C)NC(=O)c1cc(S(=O)(=O)N2CCCC2)ccc1Br. The summed E-state index contributed by atoms with van der Waals surface area (Å²) in [5, 5.41) is 2.86. The highest BCUT2D eigenvalue weighted by Crippen LogP contribution is 2.25. The number of amides is 1. The lowest BCUT2D eigenvalue weighted by Gasteiger charge is -2.17. The van der Waals surface area contributed by atoms with E-state index in [2.05, 4.69) is 21.2 Å². The van der Waals surface area contributed by atoms with E-state index in [4.69, 9.17) is 0 Å². The zero-order chi connectivity index (χ0) is 16.3. The van der Waals surface area contributed by atoms with Crippen molar-refractivity contribution in [2.75, 3.05) is 13.1 Å². The highest BCUT2D eigenvalue weighted by atomic mass is 79.9. The average Bonchev–Trinajstić information content (AvgIpc) is 3.02. The summed E-state index contributed by atoms with van der Waals surface area (Å²) in [6.45, 7) is 4.99. The minimum atomic E-state index is -3.51. The maximum Gasteiger partial charge on any atom is 0.252 e. The summed E-state index contributed by atoms with van der Waals surface area (Å²) in [6.07, 6.45) is 2.59. The zero-order valence-corrected chi connectivity index (χ0v) is 15.2. The average molecular weight is 389 g/mol. The topological polar surface area (TPSA) is 66.5 Å². The molecule has 22 heavy (non-hydrogen) atoms. The van der Waals surface area contributed by atoms with Gasteiger partial charge in [-0.2, -0.15) is 4.31 Å². The van der Waals surface area contributed by atoms with Gasteiger partial charge in [0.25, 0.3) is 5.91 Å². The van der Waals surface area contributed by atoms with Crippen LogP contribution < -0.4 is 5.32 Å². The lowest BCUT2D eigenvalue weighted by molar-refractivity contribution is 0.0938. The molecule has 1 heterocycles. The number of nitrogens with one attached hydrogen (secondary N) is 1. The molecule has 0 bridgehead atoms. The van der Waals surface area contributed by atoms with Crippen LogP contribution in [-0.2, 0) is 10.0 Å². The maximum absolute atomic E-state index is 12.6. The Bertz CT molecular complexity index is 655. The molecular weight excluding hydrogens is 368 g/mol. The van der Waals surface area contributed by atoms with Crippen LogP contribution in [0.1, 0.15) is 43.5 Å². The monoisotopic (exact) mass is 388 g/mol. The molecule has 0 spiro atoms. The number of benzene rings is 1. The molecule has 0 aliphatic carbocycles. The number of hydrogen-bond donors (Lipinski definition) is 1. The van der Waals surface area contributed by atoms with E-state index in [1.165, 1.54) is 16.4 Å². The van der Waals surface area contributed by atoms with Crippen molar-refractivity contribution in [3.8, 4) is 0 Å². The van der Waals surface area contributed by atoms with Gasteiger partial charge in [-0.25, -0.2) is 8.42 Å². The molecule has 1 fully saturated rings. The van der Waals surface area contributed by atoms with Gasteiger partial charge in [0.05, 0.1) is 10.5 Å². The molecule has 2 rings (SSSR count). The Hall–Kier alpha value is -0.920. The Morgan fingerprint density at radius 1 is 1.36 bits per heavy atom. The van der Waals surface area contributed by atoms with E-state index in [1.807, 2.05) is 13.8 Å². The predicted octanol–water partition coefficient (Wildman–Crippen LogP) is 2.76. The van der Waals surface area contributed by atoms with Gasteiger partial charge in [0.1, 0.15) is 0 Å². The fraction of sp³-hybridized carbons (Fsp3) is 0.533. The van der Waals surface area contributed by atoms with Gasteiger partial charge in [-0.05, 0) is 60.3 Å². The molecule has 1 aliphatic rings. The van der Waals surface area contributed by atoms with Crippen LogP contribution in [0.4, 0.5) is 0 Å². The minimum absolute atomic E-state index is 0.0400. The van der Waals surface area contributed by atoms with E-state index in [1.54, 1.807) is 6.07 Å². The molecule has 0 saturated carbocycles. The van der Waals surface area contributed by atoms with Crippen LogP contribution in [0.3, 0.4) is 0 Å². The van der Waals surface area contributed by atoms with Gasteiger partial charge in [0, 0.05) is 23.6 Å². The van der Waals surface area contributed by atoms with Crippen molar-refractivity contribution in [1.82, 2.24) is 9.62 Å². The fourth-order valence-corrected chi connectivity index (χ4v) is 4.29. The summed E-state index contributed by atoms with van der Waals surface area (Å²) in [6, 6.07) is 4.65. The molecule has 1 atom stereocenters. The Kier molecular flexibility index (Phi) is 5.63. The number of carbonyl (C=O) groups excluding carboxylic acids is 1. The summed E-state index contributed by atoms with van der Waals surface area (Å²) in [4.78, 5) is 12.5. The van der Waals surface area contributed by atoms with Crippen molar-refractivity contribution >= 4 is 31.9 Å². The summed E-state index contributed by atoms with van der Waals surface area (Å²) < 4.78 is 27.2. The second-order valence-electron chi connectivity index (χ2n) is 5.54. The number of halogens is 1. The van der Waals surface area contributed by atoms with Gasteiger partial charge < -0.3 is 5.32 Å². The standard InChI is InChI=1S/C15H21BrN2O3S/c1-3-11(2)17-15(19)13-10-12(6-7-14(13)16)22(20,21)18-8-4-5-9-18/h6-7,10-11H,3-5,8-9H2,1-2H3,(H,17,19). The number of carbonyl (C=O) groups is 1. The number of sulfonamides is 1. The van der Waals surface area contributed by atoms with Gasteiger partial charge >= 0.3 is 0 Å². The summed E-state index contributed by atoms with van der Waals surface area (Å²) in [5.74, 6) is -0.264. The third kappa shape index (κ3) is 3.70. The molecule has 0 aromatic heterocycles. The molecular formula is C15H21BrN2O3S. The first-order valence-electron chi connectivity index (χ1n) is 7.47.